The molecule has 0 atom stereocenters. The lowest BCUT2D eigenvalue weighted by Gasteiger charge is -2.11. The maximum Gasteiger partial charge on any atom is 0.488 e. The van der Waals surface area contributed by atoms with Crippen LogP contribution in [-0.4, -0.2) is 17.2 Å². The molecule has 0 amide bonds. The molecule has 0 aliphatic heterocycles. The summed E-state index contributed by atoms with van der Waals surface area (Å²) < 4.78 is 18.6. The van der Waals surface area contributed by atoms with Gasteiger partial charge in [-0.3, -0.25) is 0 Å². The van der Waals surface area contributed by atoms with Crippen molar-refractivity contribution in [1.29, 1.82) is 0 Å². The smallest absolute Gasteiger partial charge is 0.488 e. The number of hydrogen-bond donors (Lipinski definition) is 2. The maximum absolute atomic E-state index is 13.0. The van der Waals surface area contributed by atoms with Crippen molar-refractivity contribution in [3.8, 4) is 5.75 Å². The van der Waals surface area contributed by atoms with Crippen LogP contribution in [0.2, 0.25) is 5.02 Å². The fourth-order valence-corrected chi connectivity index (χ4v) is 1.99. The van der Waals surface area contributed by atoms with E-state index >= 15 is 0 Å². The van der Waals surface area contributed by atoms with Crippen LogP contribution in [0.3, 0.4) is 0 Å². The van der Waals surface area contributed by atoms with Gasteiger partial charge in [0, 0.05) is 0 Å². The van der Waals surface area contributed by atoms with Crippen LogP contribution in [0.15, 0.2) is 36.4 Å². The summed E-state index contributed by atoms with van der Waals surface area (Å²) in [6, 6.07) is 9.27. The normalized spacial score (nSPS) is 10.4. The lowest BCUT2D eigenvalue weighted by molar-refractivity contribution is 0.304. The van der Waals surface area contributed by atoms with Gasteiger partial charge >= 0.3 is 7.12 Å². The van der Waals surface area contributed by atoms with E-state index in [1.807, 2.05) is 0 Å². The molecule has 20 heavy (non-hydrogen) atoms. The van der Waals surface area contributed by atoms with Gasteiger partial charge in [0.1, 0.15) is 18.2 Å². The van der Waals surface area contributed by atoms with Gasteiger partial charge in [0.2, 0.25) is 0 Å². The fourth-order valence-electron chi connectivity index (χ4n) is 1.79. The van der Waals surface area contributed by atoms with E-state index in [1.54, 1.807) is 31.2 Å². The third-order valence-electron chi connectivity index (χ3n) is 2.88. The molecule has 6 heteroatoms. The molecule has 0 fully saturated rings. The molecule has 2 aromatic carbocycles. The van der Waals surface area contributed by atoms with Crippen molar-refractivity contribution in [2.45, 2.75) is 13.5 Å². The molecule has 104 valence electrons. The molecule has 0 saturated carbocycles. The molecular formula is C14H13BClFO3. The van der Waals surface area contributed by atoms with E-state index in [2.05, 4.69) is 0 Å². The maximum atomic E-state index is 13.0. The van der Waals surface area contributed by atoms with E-state index in [-0.39, 0.29) is 11.6 Å². The molecule has 0 aromatic heterocycles. The summed E-state index contributed by atoms with van der Waals surface area (Å²) in [7, 11) is -1.50. The number of aryl methyl sites for hydroxylation is 1. The summed E-state index contributed by atoms with van der Waals surface area (Å²) >= 11 is 5.70. The van der Waals surface area contributed by atoms with Crippen LogP contribution in [0, 0.1) is 12.7 Å². The highest BCUT2D eigenvalue weighted by molar-refractivity contribution is 6.58. The largest absolute Gasteiger partial charge is 0.489 e. The third-order valence-corrected chi connectivity index (χ3v) is 3.17. The van der Waals surface area contributed by atoms with Crippen molar-refractivity contribution in [3.05, 3.63) is 58.4 Å². The van der Waals surface area contributed by atoms with Gasteiger partial charge in [-0.25, -0.2) is 4.39 Å². The zero-order chi connectivity index (χ0) is 14.7. The van der Waals surface area contributed by atoms with E-state index in [4.69, 9.17) is 26.4 Å². The number of rotatable bonds is 4. The summed E-state index contributed by atoms with van der Waals surface area (Å²) in [5.74, 6) is 0.155. The SMILES string of the molecule is Cc1cc(B(O)O)ccc1OCc1ccc(F)c(Cl)c1. The monoisotopic (exact) mass is 294 g/mol. The van der Waals surface area contributed by atoms with Crippen LogP contribution >= 0.6 is 11.6 Å². The van der Waals surface area contributed by atoms with E-state index < -0.39 is 12.9 Å². The zero-order valence-corrected chi connectivity index (χ0v) is 11.6. The van der Waals surface area contributed by atoms with E-state index in [0.717, 1.165) is 11.1 Å². The first kappa shape index (κ1) is 14.8. The highest BCUT2D eigenvalue weighted by atomic mass is 35.5. The second-order valence-electron chi connectivity index (χ2n) is 4.44. The van der Waals surface area contributed by atoms with E-state index in [0.29, 0.717) is 11.2 Å². The summed E-state index contributed by atoms with van der Waals surface area (Å²) in [5, 5.41) is 18.2. The van der Waals surface area contributed by atoms with Gasteiger partial charge in [0.25, 0.3) is 0 Å². The van der Waals surface area contributed by atoms with Crippen LogP contribution in [0.5, 0.6) is 5.75 Å². The first-order valence-corrected chi connectivity index (χ1v) is 6.38. The highest BCUT2D eigenvalue weighted by Crippen LogP contribution is 2.20. The van der Waals surface area contributed by atoms with Crippen LogP contribution in [0.4, 0.5) is 4.39 Å². The average molecular weight is 295 g/mol. The van der Waals surface area contributed by atoms with Gasteiger partial charge in [-0.2, -0.15) is 0 Å². The standard InChI is InChI=1S/C14H13BClFO3/c1-9-6-11(15(18)19)3-5-14(9)20-8-10-2-4-13(17)12(16)7-10/h2-7,18-19H,8H2,1H3. The Labute approximate surface area is 121 Å². The molecular weight excluding hydrogens is 281 g/mol. The number of ether oxygens (including phenoxy) is 1. The number of benzene rings is 2. The summed E-state index contributed by atoms with van der Waals surface area (Å²) in [5.41, 5.74) is 1.94. The van der Waals surface area contributed by atoms with Gasteiger partial charge in [-0.15, -0.1) is 0 Å². The molecule has 2 rings (SSSR count). The molecule has 3 nitrogen and oxygen atoms in total. The second-order valence-corrected chi connectivity index (χ2v) is 4.84. The van der Waals surface area contributed by atoms with Crippen LogP contribution < -0.4 is 10.2 Å². The Morgan fingerprint density at radius 2 is 1.95 bits per heavy atom. The molecule has 0 radical (unpaired) electrons. The predicted octanol–water partition coefficient (Wildman–Crippen LogP) is 2.05. The topological polar surface area (TPSA) is 49.7 Å². The van der Waals surface area contributed by atoms with Crippen molar-refractivity contribution in [2.24, 2.45) is 0 Å². The van der Waals surface area contributed by atoms with Crippen LogP contribution in [0.1, 0.15) is 11.1 Å². The Morgan fingerprint density at radius 3 is 2.55 bits per heavy atom. The molecule has 0 saturated heterocycles. The van der Waals surface area contributed by atoms with Gasteiger partial charge in [-0.1, -0.05) is 29.8 Å². The number of halogens is 2. The molecule has 2 aromatic rings. The summed E-state index contributed by atoms with van der Waals surface area (Å²) in [6.07, 6.45) is 0. The Kier molecular flexibility index (Phi) is 4.65. The molecule has 0 unspecified atom stereocenters. The zero-order valence-electron chi connectivity index (χ0n) is 10.8. The quantitative estimate of drug-likeness (QED) is 0.849. The Morgan fingerprint density at radius 1 is 1.20 bits per heavy atom. The third kappa shape index (κ3) is 3.51. The van der Waals surface area contributed by atoms with Crippen molar-refractivity contribution in [3.63, 3.8) is 0 Å². The molecule has 0 heterocycles. The van der Waals surface area contributed by atoms with Crippen molar-refractivity contribution < 1.29 is 19.2 Å². The lowest BCUT2D eigenvalue weighted by atomic mass is 9.79. The highest BCUT2D eigenvalue weighted by Gasteiger charge is 2.12. The number of hydrogen-bond acceptors (Lipinski definition) is 3. The average Bonchev–Trinajstić information content (AvgIpc) is 2.41. The van der Waals surface area contributed by atoms with Crippen molar-refractivity contribution in [1.82, 2.24) is 0 Å². The molecule has 0 spiro atoms. The molecule has 0 aliphatic carbocycles. The first-order chi connectivity index (χ1) is 9.47. The fraction of sp³-hybridized carbons (Fsp3) is 0.143. The minimum absolute atomic E-state index is 0.0570. The van der Waals surface area contributed by atoms with Crippen molar-refractivity contribution in [2.75, 3.05) is 0 Å². The minimum Gasteiger partial charge on any atom is -0.489 e. The van der Waals surface area contributed by atoms with Gasteiger partial charge < -0.3 is 14.8 Å². The lowest BCUT2D eigenvalue weighted by Crippen LogP contribution is -2.29. The Hall–Kier alpha value is -1.56. The Bertz CT molecular complexity index is 619. The van der Waals surface area contributed by atoms with E-state index in [9.17, 15) is 4.39 Å². The van der Waals surface area contributed by atoms with E-state index in [1.165, 1.54) is 12.1 Å². The molecule has 0 bridgehead atoms. The predicted molar refractivity (Wildman–Crippen MR) is 76.7 cm³/mol. The van der Waals surface area contributed by atoms with Crippen LogP contribution in [-0.2, 0) is 6.61 Å². The Balaban J connectivity index is 2.09. The minimum atomic E-state index is -1.50. The summed E-state index contributed by atoms with van der Waals surface area (Å²) in [4.78, 5) is 0. The van der Waals surface area contributed by atoms with Gasteiger partial charge in [0.05, 0.1) is 5.02 Å². The summed E-state index contributed by atoms with van der Waals surface area (Å²) in [6.45, 7) is 2.06. The van der Waals surface area contributed by atoms with Gasteiger partial charge in [0.15, 0.2) is 0 Å². The van der Waals surface area contributed by atoms with Crippen molar-refractivity contribution >= 4 is 24.2 Å². The van der Waals surface area contributed by atoms with Gasteiger partial charge in [-0.05, 0) is 41.7 Å². The molecule has 0 aliphatic rings. The first-order valence-electron chi connectivity index (χ1n) is 6.01. The van der Waals surface area contributed by atoms with Crippen LogP contribution in [0.25, 0.3) is 0 Å². The molecule has 2 N–H and O–H groups in total. The second kappa shape index (κ2) is 6.26.